The third-order valence-electron chi connectivity index (χ3n) is 4.63. The zero-order valence-corrected chi connectivity index (χ0v) is 17.3. The number of hydrogen-bond acceptors (Lipinski definition) is 4. The second kappa shape index (κ2) is 10.2. The number of amides is 2. The van der Waals surface area contributed by atoms with Gasteiger partial charge in [-0.05, 0) is 49.2 Å². The maximum atomic E-state index is 12.6. The molecule has 0 aliphatic carbocycles. The molecule has 0 saturated carbocycles. The Morgan fingerprint density at radius 1 is 1.07 bits per heavy atom. The van der Waals surface area contributed by atoms with E-state index in [0.29, 0.717) is 24.3 Å². The minimum absolute atomic E-state index is 0.0970. The predicted molar refractivity (Wildman–Crippen MR) is 110 cm³/mol. The van der Waals surface area contributed by atoms with Crippen molar-refractivity contribution >= 4 is 27.7 Å². The average Bonchev–Trinajstić information content (AvgIpc) is 2.99. The number of nitrogens with one attached hydrogen (secondary N) is 1. The van der Waals surface area contributed by atoms with Crippen molar-refractivity contribution in [3.05, 3.63) is 52.6 Å². The summed E-state index contributed by atoms with van der Waals surface area (Å²) in [5, 5.41) is 2.81. The van der Waals surface area contributed by atoms with Crippen molar-refractivity contribution in [2.45, 2.75) is 32.1 Å². The lowest BCUT2D eigenvalue weighted by molar-refractivity contribution is -0.131. The molecule has 0 bridgehead atoms. The van der Waals surface area contributed by atoms with E-state index < -0.39 is 0 Å². The molecule has 3 rings (SSSR count). The molecule has 0 unspecified atom stereocenters. The fourth-order valence-corrected chi connectivity index (χ4v) is 3.38. The number of aromatic nitrogens is 1. The number of ether oxygens (including phenoxy) is 1. The van der Waals surface area contributed by atoms with Gasteiger partial charge < -0.3 is 15.0 Å². The zero-order chi connectivity index (χ0) is 19.8. The molecule has 1 aliphatic rings. The van der Waals surface area contributed by atoms with Crippen LogP contribution in [0.1, 0.15) is 42.5 Å². The summed E-state index contributed by atoms with van der Waals surface area (Å²) in [6, 6.07) is 10.6. The molecule has 2 amide bonds. The third-order valence-corrected chi connectivity index (χ3v) is 5.16. The lowest BCUT2D eigenvalue weighted by Crippen LogP contribution is -2.35. The standard InChI is InChI=1S/C21H24BrN3O3/c22-16-7-9-17(10-8-16)28-21-18(6-5-12-24-21)20(27)23-13-11-19(26)25-14-3-1-2-4-15-25/h5-10,12H,1-4,11,13-15H2,(H,23,27). The Balaban J connectivity index is 1.55. The first-order chi connectivity index (χ1) is 13.6. The Bertz CT molecular complexity index is 803. The van der Waals surface area contributed by atoms with Crippen LogP contribution in [0.25, 0.3) is 0 Å². The number of likely N-dealkylation sites (tertiary alicyclic amines) is 1. The normalized spacial score (nSPS) is 14.2. The lowest BCUT2D eigenvalue weighted by atomic mass is 10.2. The van der Waals surface area contributed by atoms with Gasteiger partial charge in [0.1, 0.15) is 11.3 Å². The molecule has 1 aromatic carbocycles. The van der Waals surface area contributed by atoms with Crippen molar-refractivity contribution in [2.75, 3.05) is 19.6 Å². The average molecular weight is 446 g/mol. The molecule has 2 heterocycles. The van der Waals surface area contributed by atoms with Gasteiger partial charge in [0.2, 0.25) is 11.8 Å². The highest BCUT2D eigenvalue weighted by Gasteiger charge is 2.17. The Hall–Kier alpha value is -2.41. The number of benzene rings is 1. The summed E-state index contributed by atoms with van der Waals surface area (Å²) in [4.78, 5) is 31.0. The molecular formula is C21H24BrN3O3. The van der Waals surface area contributed by atoms with Gasteiger partial charge in [-0.1, -0.05) is 28.8 Å². The topological polar surface area (TPSA) is 71.5 Å². The molecule has 0 atom stereocenters. The second-order valence-electron chi connectivity index (χ2n) is 6.71. The van der Waals surface area contributed by atoms with Gasteiger partial charge in [0.15, 0.2) is 0 Å². The van der Waals surface area contributed by atoms with Crippen LogP contribution in [0.2, 0.25) is 0 Å². The highest BCUT2D eigenvalue weighted by molar-refractivity contribution is 9.10. The minimum atomic E-state index is -0.302. The van der Waals surface area contributed by atoms with Gasteiger partial charge in [-0.25, -0.2) is 4.98 Å². The summed E-state index contributed by atoms with van der Waals surface area (Å²) in [5.41, 5.74) is 0.340. The molecule has 0 radical (unpaired) electrons. The maximum absolute atomic E-state index is 12.6. The highest BCUT2D eigenvalue weighted by atomic mass is 79.9. The molecule has 0 spiro atoms. The van der Waals surface area contributed by atoms with Gasteiger partial charge >= 0.3 is 0 Å². The largest absolute Gasteiger partial charge is 0.438 e. The van der Waals surface area contributed by atoms with Crippen LogP contribution in [0.15, 0.2) is 47.1 Å². The number of carbonyl (C=O) groups is 2. The van der Waals surface area contributed by atoms with Gasteiger partial charge in [-0.2, -0.15) is 0 Å². The Morgan fingerprint density at radius 3 is 2.50 bits per heavy atom. The van der Waals surface area contributed by atoms with E-state index in [9.17, 15) is 9.59 Å². The molecular weight excluding hydrogens is 422 g/mol. The Morgan fingerprint density at radius 2 is 1.79 bits per heavy atom. The highest BCUT2D eigenvalue weighted by Crippen LogP contribution is 2.24. The van der Waals surface area contributed by atoms with E-state index in [1.54, 1.807) is 30.5 Å². The molecule has 2 aromatic rings. The van der Waals surface area contributed by atoms with Crippen LogP contribution in [0.4, 0.5) is 0 Å². The number of rotatable bonds is 6. The molecule has 28 heavy (non-hydrogen) atoms. The van der Waals surface area contributed by atoms with E-state index >= 15 is 0 Å². The fourth-order valence-electron chi connectivity index (χ4n) is 3.12. The predicted octanol–water partition coefficient (Wildman–Crippen LogP) is 4.16. The van der Waals surface area contributed by atoms with Crippen molar-refractivity contribution < 1.29 is 14.3 Å². The third kappa shape index (κ3) is 5.79. The van der Waals surface area contributed by atoms with Crippen molar-refractivity contribution in [1.29, 1.82) is 0 Å². The van der Waals surface area contributed by atoms with Crippen LogP contribution in [0, 0.1) is 0 Å². The van der Waals surface area contributed by atoms with E-state index in [2.05, 4.69) is 26.2 Å². The van der Waals surface area contributed by atoms with Crippen LogP contribution in [-0.2, 0) is 4.79 Å². The Kier molecular flexibility index (Phi) is 7.42. The van der Waals surface area contributed by atoms with Gasteiger partial charge in [0, 0.05) is 36.7 Å². The van der Waals surface area contributed by atoms with E-state index in [1.807, 2.05) is 17.0 Å². The summed E-state index contributed by atoms with van der Waals surface area (Å²) in [5.74, 6) is 0.622. The number of carbonyl (C=O) groups excluding carboxylic acids is 2. The van der Waals surface area contributed by atoms with Crippen molar-refractivity contribution in [1.82, 2.24) is 15.2 Å². The molecule has 7 heteroatoms. The van der Waals surface area contributed by atoms with Crippen LogP contribution >= 0.6 is 15.9 Å². The molecule has 148 valence electrons. The Labute approximate surface area is 173 Å². The van der Waals surface area contributed by atoms with Gasteiger partial charge in [-0.15, -0.1) is 0 Å². The molecule has 1 N–H and O–H groups in total. The number of halogens is 1. The van der Waals surface area contributed by atoms with Crippen LogP contribution in [0.3, 0.4) is 0 Å². The fraction of sp³-hybridized carbons (Fsp3) is 0.381. The quantitative estimate of drug-likeness (QED) is 0.724. The number of hydrogen-bond donors (Lipinski definition) is 1. The summed E-state index contributed by atoms with van der Waals surface area (Å²) < 4.78 is 6.69. The summed E-state index contributed by atoms with van der Waals surface area (Å²) in [6.07, 6.45) is 6.36. The van der Waals surface area contributed by atoms with Gasteiger partial charge in [-0.3, -0.25) is 9.59 Å². The van der Waals surface area contributed by atoms with E-state index in [4.69, 9.17) is 4.74 Å². The first-order valence-electron chi connectivity index (χ1n) is 9.58. The monoisotopic (exact) mass is 445 g/mol. The van der Waals surface area contributed by atoms with Crippen molar-refractivity contribution in [2.24, 2.45) is 0 Å². The van der Waals surface area contributed by atoms with Gasteiger partial charge in [0.25, 0.3) is 5.91 Å². The first kappa shape index (κ1) is 20.3. The summed E-state index contributed by atoms with van der Waals surface area (Å²) in [7, 11) is 0. The summed E-state index contributed by atoms with van der Waals surface area (Å²) >= 11 is 3.38. The van der Waals surface area contributed by atoms with Gasteiger partial charge in [0.05, 0.1) is 0 Å². The minimum Gasteiger partial charge on any atom is -0.438 e. The van der Waals surface area contributed by atoms with Crippen molar-refractivity contribution in [3.63, 3.8) is 0 Å². The van der Waals surface area contributed by atoms with E-state index in [0.717, 1.165) is 30.4 Å². The van der Waals surface area contributed by atoms with Crippen LogP contribution in [0.5, 0.6) is 11.6 Å². The first-order valence-corrected chi connectivity index (χ1v) is 10.4. The lowest BCUT2D eigenvalue weighted by Gasteiger charge is -2.20. The van der Waals surface area contributed by atoms with Crippen LogP contribution < -0.4 is 10.1 Å². The molecule has 1 saturated heterocycles. The second-order valence-corrected chi connectivity index (χ2v) is 7.63. The maximum Gasteiger partial charge on any atom is 0.256 e. The molecule has 1 fully saturated rings. The molecule has 1 aromatic heterocycles. The number of nitrogens with zero attached hydrogens (tertiary/aromatic N) is 2. The molecule has 6 nitrogen and oxygen atoms in total. The smallest absolute Gasteiger partial charge is 0.256 e. The number of pyridine rings is 1. The van der Waals surface area contributed by atoms with Crippen LogP contribution in [-0.4, -0.2) is 41.3 Å². The van der Waals surface area contributed by atoms with Crippen molar-refractivity contribution in [3.8, 4) is 11.6 Å². The summed E-state index contributed by atoms with van der Waals surface area (Å²) in [6.45, 7) is 1.93. The van der Waals surface area contributed by atoms with E-state index in [1.165, 1.54) is 12.8 Å². The molecule has 1 aliphatic heterocycles. The zero-order valence-electron chi connectivity index (χ0n) is 15.7. The van der Waals surface area contributed by atoms with E-state index in [-0.39, 0.29) is 17.7 Å². The SMILES string of the molecule is O=C(NCCC(=O)N1CCCCCC1)c1cccnc1Oc1ccc(Br)cc1.